The molecule has 4 atom stereocenters. The predicted octanol–water partition coefficient (Wildman–Crippen LogP) is 17.1. The third-order valence-electron chi connectivity index (χ3n) is 12.3. The number of amides is 1. The van der Waals surface area contributed by atoms with Crippen LogP contribution in [-0.2, 0) is 52.5 Å². The van der Waals surface area contributed by atoms with Gasteiger partial charge in [-0.3, -0.25) is 33.6 Å². The molecule has 13 nitrogen and oxygen atoms in total. The number of nitrogens with zero attached hydrogens (tertiary/aromatic N) is 1. The zero-order valence-electron chi connectivity index (χ0n) is 63.6. The van der Waals surface area contributed by atoms with E-state index in [1.165, 1.54) is 6.92 Å². The first-order chi connectivity index (χ1) is 36.0. The first-order valence-electron chi connectivity index (χ1n) is 30.9. The van der Waals surface area contributed by atoms with Crippen molar-refractivity contribution in [3.63, 3.8) is 0 Å². The van der Waals surface area contributed by atoms with Crippen LogP contribution in [0.2, 0.25) is 0 Å². The average Bonchev–Trinajstić information content (AvgIpc) is 3.18. The number of carbonyl (C=O) groups excluding carboxylic acids is 7. The second-order valence-electron chi connectivity index (χ2n) is 35.8. The van der Waals surface area contributed by atoms with Crippen molar-refractivity contribution >= 4 is 40.6 Å². The summed E-state index contributed by atoms with van der Waals surface area (Å²) in [6, 6.07) is 0.209. The molecule has 84 heavy (non-hydrogen) atoms. The standard InChI is InChI=1S/C13H25NO2.C13H27NO.2C12H24O2.C11H22O2.C10H20O2/c1-9(15)14-10(12(2,3)4)8-11(16)13(5,6)7;1-12(2,3)10(14(7)8)9-11(15)13(4,5)6;1-10(2,3)9(13)12(7,8)14-11(4,5)6;1-8-9(14-12(5,6)7)10(13)11(2,3)4;1-8(13-11(5,6)7)9(12)10(2,3)4;1-9(2,3)8(11)7-12-10(4,5)6/h10H,8H2,1-7H3,(H,14,15);10H,9H2,1-8H3;1-8H3;9H,8H2,1-7H3;8H,1-7H3;7H2,1-6H3. The second-order valence-corrected chi connectivity index (χ2v) is 35.8. The van der Waals surface area contributed by atoms with Crippen molar-refractivity contribution in [1.82, 2.24) is 10.2 Å². The van der Waals surface area contributed by atoms with Crippen LogP contribution in [0.4, 0.5) is 0 Å². The van der Waals surface area contributed by atoms with Gasteiger partial charge in [-0.2, -0.15) is 0 Å². The molecule has 4 unspecified atom stereocenters. The molecule has 1 N–H and O–H groups in total. The zero-order chi connectivity index (χ0) is 69.8. The van der Waals surface area contributed by atoms with E-state index >= 15 is 0 Å². The van der Waals surface area contributed by atoms with Crippen molar-refractivity contribution in [2.24, 2.45) is 43.3 Å². The first kappa shape index (κ1) is 92.4. The Morgan fingerprint density at radius 3 is 0.988 bits per heavy atom. The van der Waals surface area contributed by atoms with Gasteiger partial charge in [0.05, 0.1) is 22.4 Å². The molecule has 0 radical (unpaired) electrons. The Bertz CT molecular complexity index is 1980. The molecule has 0 bridgehead atoms. The van der Waals surface area contributed by atoms with Gasteiger partial charge in [-0.15, -0.1) is 0 Å². The van der Waals surface area contributed by atoms with Gasteiger partial charge in [-0.1, -0.05) is 173 Å². The molecule has 0 aliphatic rings. The van der Waals surface area contributed by atoms with Crippen molar-refractivity contribution in [2.45, 2.75) is 355 Å². The summed E-state index contributed by atoms with van der Waals surface area (Å²) in [5.74, 6) is 1.08. The molecule has 0 saturated carbocycles. The highest BCUT2D eigenvalue weighted by Gasteiger charge is 2.40. The number of ketones is 6. The molecule has 0 aromatic heterocycles. The van der Waals surface area contributed by atoms with E-state index in [1.807, 2.05) is 270 Å². The summed E-state index contributed by atoms with van der Waals surface area (Å²) in [4.78, 5) is 84.3. The first-order valence-corrected chi connectivity index (χ1v) is 30.9. The van der Waals surface area contributed by atoms with E-state index in [2.05, 4.69) is 31.0 Å². The molecule has 13 heteroatoms. The van der Waals surface area contributed by atoms with Crippen LogP contribution in [0.5, 0.6) is 0 Å². The van der Waals surface area contributed by atoms with Crippen molar-refractivity contribution < 1.29 is 52.5 Å². The minimum Gasteiger partial charge on any atom is -0.368 e. The van der Waals surface area contributed by atoms with Crippen LogP contribution in [0.25, 0.3) is 0 Å². The van der Waals surface area contributed by atoms with Crippen LogP contribution < -0.4 is 5.32 Å². The monoisotopic (exact) mass is 1200 g/mol. The number of nitrogens with one attached hydrogen (secondary N) is 1. The summed E-state index contributed by atoms with van der Waals surface area (Å²) in [5, 5.41) is 2.86. The molecule has 0 spiro atoms. The Balaban J connectivity index is -0.000000218. The third kappa shape index (κ3) is 49.3. The second kappa shape index (κ2) is 34.9. The van der Waals surface area contributed by atoms with Gasteiger partial charge in [-0.25, -0.2) is 0 Å². The Hall–Kier alpha value is -2.71. The van der Waals surface area contributed by atoms with Gasteiger partial charge in [0.1, 0.15) is 36.0 Å². The fourth-order valence-corrected chi connectivity index (χ4v) is 7.69. The maximum atomic E-state index is 12.0. The molecule has 0 aliphatic heterocycles. The summed E-state index contributed by atoms with van der Waals surface area (Å²) in [5.41, 5.74) is -3.52. The van der Waals surface area contributed by atoms with E-state index < -0.39 is 5.60 Å². The van der Waals surface area contributed by atoms with Crippen LogP contribution in [0, 0.1) is 43.3 Å². The Labute approximate surface area is 520 Å². The minimum absolute atomic E-state index is 0.0818. The lowest BCUT2D eigenvalue weighted by molar-refractivity contribution is -0.165. The highest BCUT2D eigenvalue weighted by atomic mass is 16.5. The van der Waals surface area contributed by atoms with Crippen molar-refractivity contribution in [2.75, 3.05) is 20.7 Å². The van der Waals surface area contributed by atoms with Crippen LogP contribution in [-0.4, -0.2) is 119 Å². The smallest absolute Gasteiger partial charge is 0.217 e. The number of carbonyl (C=O) groups is 7. The third-order valence-corrected chi connectivity index (χ3v) is 12.3. The summed E-state index contributed by atoms with van der Waals surface area (Å²) < 4.78 is 22.4. The minimum atomic E-state index is -0.712. The fraction of sp³-hybridized carbons (Fsp3) is 0.901. The van der Waals surface area contributed by atoms with Gasteiger partial charge in [-0.05, 0) is 135 Å². The summed E-state index contributed by atoms with van der Waals surface area (Å²) in [7, 11) is 4.09. The molecule has 502 valence electrons. The van der Waals surface area contributed by atoms with Crippen LogP contribution in [0.15, 0.2) is 0 Å². The number of rotatable bonds is 15. The molecule has 0 fully saturated rings. The molecule has 0 heterocycles. The molecule has 0 rings (SSSR count). The van der Waals surface area contributed by atoms with Gasteiger partial charge in [0.15, 0.2) is 23.1 Å². The molecule has 0 saturated heterocycles. The lowest BCUT2D eigenvalue weighted by atomic mass is 9.78. The van der Waals surface area contributed by atoms with Crippen LogP contribution >= 0.6 is 0 Å². The molecule has 1 amide bonds. The average molecular weight is 1200 g/mol. The number of Topliss-reactive ketones (excluding diaryl/α,β-unsaturated/α-hetero) is 6. The van der Waals surface area contributed by atoms with Crippen LogP contribution in [0.1, 0.15) is 303 Å². The van der Waals surface area contributed by atoms with Gasteiger partial charge < -0.3 is 29.2 Å². The van der Waals surface area contributed by atoms with Gasteiger partial charge in [0, 0.05) is 64.3 Å². The van der Waals surface area contributed by atoms with E-state index in [1.54, 1.807) is 0 Å². The zero-order valence-corrected chi connectivity index (χ0v) is 63.6. The predicted molar refractivity (Wildman–Crippen MR) is 356 cm³/mol. The highest BCUT2D eigenvalue weighted by Crippen LogP contribution is 2.32. The number of ether oxygens (including phenoxy) is 4. The number of hydrogen-bond acceptors (Lipinski definition) is 12. The lowest BCUT2D eigenvalue weighted by Crippen LogP contribution is -2.46. The topological polar surface area (TPSA) is 172 Å². The summed E-state index contributed by atoms with van der Waals surface area (Å²) in [6.45, 7) is 80.1. The summed E-state index contributed by atoms with van der Waals surface area (Å²) >= 11 is 0. The SMILES string of the molecule is CC(=O)NC(CC(=O)C(C)(C)C)C(C)(C)C.CC(C)(C)OC(C)(C)C(=O)C(C)(C)C.CC(C)(C)OCC(=O)C(C)(C)C.CC(OC(C)(C)C)C(=O)C(C)(C)C.CCC(OC(C)(C)C)C(=O)C(C)(C)C.CN(C)C(CC(=O)C(C)(C)C)C(C)(C)C. The Kier molecular flexibility index (Phi) is 38.4. The van der Waals surface area contributed by atoms with E-state index in [-0.39, 0.29) is 125 Å². The quantitative estimate of drug-likeness (QED) is 0.165. The maximum Gasteiger partial charge on any atom is 0.217 e. The normalized spacial score (nSPS) is 14.8. The van der Waals surface area contributed by atoms with E-state index in [4.69, 9.17) is 18.9 Å². The molecular formula is C71H142N2O11. The fourth-order valence-electron chi connectivity index (χ4n) is 7.69. The molecule has 0 aromatic carbocycles. The lowest BCUT2D eigenvalue weighted by Gasteiger charge is -2.37. The maximum absolute atomic E-state index is 12.0. The molecular weight excluding hydrogens is 1060 g/mol. The van der Waals surface area contributed by atoms with E-state index in [0.29, 0.717) is 24.7 Å². The van der Waals surface area contributed by atoms with Crippen molar-refractivity contribution in [1.29, 1.82) is 0 Å². The van der Waals surface area contributed by atoms with Gasteiger partial charge in [0.2, 0.25) is 5.91 Å². The molecule has 0 aliphatic carbocycles. The van der Waals surface area contributed by atoms with Gasteiger partial charge in [0.25, 0.3) is 0 Å². The highest BCUT2D eigenvalue weighted by molar-refractivity contribution is 5.91. The molecule has 0 aromatic rings. The number of hydrogen-bond donors (Lipinski definition) is 1. The Morgan fingerprint density at radius 2 is 0.762 bits per heavy atom. The summed E-state index contributed by atoms with van der Waals surface area (Å²) in [6.07, 6.45) is 1.19. The van der Waals surface area contributed by atoms with Crippen molar-refractivity contribution in [3.8, 4) is 0 Å². The van der Waals surface area contributed by atoms with Crippen LogP contribution in [0.3, 0.4) is 0 Å². The Morgan fingerprint density at radius 1 is 0.417 bits per heavy atom. The van der Waals surface area contributed by atoms with E-state index in [0.717, 1.165) is 6.42 Å². The van der Waals surface area contributed by atoms with E-state index in [9.17, 15) is 33.6 Å². The van der Waals surface area contributed by atoms with Crippen molar-refractivity contribution in [3.05, 3.63) is 0 Å². The van der Waals surface area contributed by atoms with Gasteiger partial charge >= 0.3 is 0 Å². The largest absolute Gasteiger partial charge is 0.368 e.